The number of nitrogens with zero attached hydrogens (tertiary/aromatic N) is 4. The minimum atomic E-state index is -0.956. The van der Waals surface area contributed by atoms with Gasteiger partial charge in [-0.05, 0) is 28.5 Å². The topological polar surface area (TPSA) is 150 Å². The molecule has 5 rings (SSSR count). The van der Waals surface area contributed by atoms with Gasteiger partial charge in [0, 0.05) is 19.6 Å². The Balaban J connectivity index is 1.53. The molecule has 0 aliphatic heterocycles. The minimum Gasteiger partial charge on any atom is -0.398 e. The van der Waals surface area contributed by atoms with Crippen LogP contribution in [0, 0.1) is 0 Å². The number of carbonyl (C=O) groups excluding carboxylic acids is 1. The number of carbonyl (C=O) groups is 1. The van der Waals surface area contributed by atoms with Crippen LogP contribution in [0.4, 0.5) is 5.13 Å². The Morgan fingerprint density at radius 1 is 0.935 bits per heavy atom. The van der Waals surface area contributed by atoms with E-state index in [0.29, 0.717) is 16.9 Å². The fourth-order valence-corrected chi connectivity index (χ4v) is 6.36. The fourth-order valence-electron chi connectivity index (χ4n) is 4.84. The van der Waals surface area contributed by atoms with Crippen LogP contribution in [0.15, 0.2) is 116 Å². The van der Waals surface area contributed by atoms with Crippen LogP contribution in [0.1, 0.15) is 22.4 Å². The molecule has 0 amide bonds. The Morgan fingerprint density at radius 2 is 1.48 bits per heavy atom. The Kier molecular flexibility index (Phi) is 10.5. The van der Waals surface area contributed by atoms with Gasteiger partial charge >= 0.3 is 11.1 Å². The second-order valence-corrected chi connectivity index (χ2v) is 11.5. The van der Waals surface area contributed by atoms with Crippen molar-refractivity contribution in [2.45, 2.75) is 23.5 Å². The molecule has 0 unspecified atom stereocenters. The van der Waals surface area contributed by atoms with E-state index in [1.165, 1.54) is 32.7 Å². The molecule has 0 aliphatic rings. The molecule has 3 aromatic carbocycles. The van der Waals surface area contributed by atoms with Crippen molar-refractivity contribution in [3.05, 3.63) is 139 Å². The summed E-state index contributed by atoms with van der Waals surface area (Å²) in [6, 6.07) is 30.1. The molecule has 0 saturated heterocycles. The average molecular weight is 659 g/mol. The zero-order chi connectivity index (χ0) is 32.5. The summed E-state index contributed by atoms with van der Waals surface area (Å²) in [4.78, 5) is 48.1. The van der Waals surface area contributed by atoms with Crippen molar-refractivity contribution >= 4 is 39.1 Å². The zero-order valence-corrected chi connectivity index (χ0v) is 26.7. The van der Waals surface area contributed by atoms with Gasteiger partial charge in [-0.25, -0.2) is 10.1 Å². The van der Waals surface area contributed by atoms with Crippen molar-refractivity contribution in [2.24, 2.45) is 5.16 Å². The predicted octanol–water partition coefficient (Wildman–Crippen LogP) is 4.08. The number of rotatable bonds is 13. The van der Waals surface area contributed by atoms with E-state index in [1.807, 2.05) is 91.0 Å². The molecule has 5 aromatic rings. The molecule has 0 fully saturated rings. The lowest BCUT2D eigenvalue weighted by molar-refractivity contribution is -0.113. The molecule has 0 atom stereocenters. The van der Waals surface area contributed by atoms with Crippen LogP contribution >= 0.6 is 23.1 Å². The summed E-state index contributed by atoms with van der Waals surface area (Å²) in [5, 5.41) is 15.2. The van der Waals surface area contributed by atoms with E-state index in [-0.39, 0.29) is 23.1 Å². The number of benzene rings is 3. The summed E-state index contributed by atoms with van der Waals surface area (Å²) in [6.45, 7) is -0.180. The standard InChI is InChI=1S/C32H30N6O6S2/c1-42-25(43-2)19-38-28(40)27(39)35-36-31(38)46-29(41)26(37-44-3)24-20-45-30(33-24)34-32(21-13-7-4-8-14-21,22-15-9-5-10-16-22)23-17-11-6-12-18-23/h4-18,20,25H,19H2,1-3H3,(H,33,34)(H,35,39)/b37-26-. The van der Waals surface area contributed by atoms with Gasteiger partial charge in [0.15, 0.2) is 22.3 Å². The highest BCUT2D eigenvalue weighted by Crippen LogP contribution is 2.40. The van der Waals surface area contributed by atoms with E-state index in [1.54, 1.807) is 5.38 Å². The average Bonchev–Trinajstić information content (AvgIpc) is 3.56. The van der Waals surface area contributed by atoms with Crippen molar-refractivity contribution in [3.8, 4) is 0 Å². The SMILES string of the molecule is CO/N=C(\C(=O)Sc1n[nH]c(=O)c(=O)n1CC(OC)OC)c1csc(NC(c2ccccc2)(c2ccccc2)c2ccccc2)n1. The maximum Gasteiger partial charge on any atom is 0.330 e. The van der Waals surface area contributed by atoms with Crippen molar-refractivity contribution < 1.29 is 19.1 Å². The molecule has 0 radical (unpaired) electrons. The zero-order valence-electron chi connectivity index (χ0n) is 25.1. The first-order chi connectivity index (χ1) is 22.4. The van der Waals surface area contributed by atoms with Gasteiger partial charge in [-0.2, -0.15) is 0 Å². The third-order valence-corrected chi connectivity index (χ3v) is 8.63. The van der Waals surface area contributed by atoms with Crippen LogP contribution in [0.5, 0.6) is 0 Å². The van der Waals surface area contributed by atoms with E-state index >= 15 is 0 Å². The predicted molar refractivity (Wildman–Crippen MR) is 176 cm³/mol. The molecule has 236 valence electrons. The summed E-state index contributed by atoms with van der Waals surface area (Å²) >= 11 is 1.87. The van der Waals surface area contributed by atoms with Crippen molar-refractivity contribution in [3.63, 3.8) is 0 Å². The van der Waals surface area contributed by atoms with E-state index in [0.717, 1.165) is 21.3 Å². The van der Waals surface area contributed by atoms with Crippen LogP contribution in [0.25, 0.3) is 0 Å². The highest BCUT2D eigenvalue weighted by molar-refractivity contribution is 8.15. The lowest BCUT2D eigenvalue weighted by Crippen LogP contribution is -2.41. The van der Waals surface area contributed by atoms with Crippen LogP contribution < -0.4 is 16.4 Å². The second-order valence-electron chi connectivity index (χ2n) is 9.67. The molecular weight excluding hydrogens is 629 g/mol. The molecular formula is C32H30N6O6S2. The first-order valence-electron chi connectivity index (χ1n) is 13.9. The number of anilines is 1. The van der Waals surface area contributed by atoms with E-state index in [2.05, 4.69) is 20.7 Å². The number of aromatic nitrogens is 4. The van der Waals surface area contributed by atoms with E-state index < -0.39 is 28.1 Å². The third kappa shape index (κ3) is 6.84. The summed E-state index contributed by atoms with van der Waals surface area (Å²) in [7, 11) is 4.08. The smallest absolute Gasteiger partial charge is 0.330 e. The fraction of sp³-hybridized carbons (Fsp3) is 0.188. The Labute approximate surface area is 272 Å². The van der Waals surface area contributed by atoms with Gasteiger partial charge in [-0.1, -0.05) is 96.2 Å². The van der Waals surface area contributed by atoms with Gasteiger partial charge in [0.1, 0.15) is 18.3 Å². The molecule has 2 N–H and O–H groups in total. The quantitative estimate of drug-likeness (QED) is 0.0473. The molecule has 2 heterocycles. The van der Waals surface area contributed by atoms with Gasteiger partial charge in [0.2, 0.25) is 0 Å². The highest BCUT2D eigenvalue weighted by atomic mass is 32.2. The Bertz CT molecular complexity index is 1810. The van der Waals surface area contributed by atoms with Crippen molar-refractivity contribution in [1.82, 2.24) is 19.7 Å². The molecule has 12 nitrogen and oxygen atoms in total. The maximum absolute atomic E-state index is 13.6. The second kappa shape index (κ2) is 14.9. The van der Waals surface area contributed by atoms with Crippen LogP contribution in [-0.2, 0) is 31.2 Å². The monoisotopic (exact) mass is 658 g/mol. The van der Waals surface area contributed by atoms with E-state index in [4.69, 9.17) is 19.3 Å². The number of hydrogen-bond acceptors (Lipinski definition) is 12. The molecule has 0 bridgehead atoms. The molecule has 14 heteroatoms. The summed E-state index contributed by atoms with van der Waals surface area (Å²) in [5.74, 6) is 0. The Hall–Kier alpha value is -4.89. The molecule has 0 spiro atoms. The molecule has 46 heavy (non-hydrogen) atoms. The van der Waals surface area contributed by atoms with Gasteiger partial charge in [0.05, 0.1) is 6.54 Å². The molecule has 2 aromatic heterocycles. The lowest BCUT2D eigenvalue weighted by atomic mass is 9.77. The van der Waals surface area contributed by atoms with Crippen LogP contribution in [0.2, 0.25) is 0 Å². The largest absolute Gasteiger partial charge is 0.398 e. The number of methoxy groups -OCH3 is 2. The number of hydrogen-bond donors (Lipinski definition) is 2. The van der Waals surface area contributed by atoms with Gasteiger partial charge in [0.25, 0.3) is 5.12 Å². The lowest BCUT2D eigenvalue weighted by Gasteiger charge is -2.36. The maximum atomic E-state index is 13.6. The van der Waals surface area contributed by atoms with Crippen molar-refractivity contribution in [1.29, 1.82) is 0 Å². The number of thiazole rings is 1. The number of aromatic amines is 1. The number of oxime groups is 1. The summed E-state index contributed by atoms with van der Waals surface area (Å²) in [6.07, 6.45) is -0.867. The van der Waals surface area contributed by atoms with Gasteiger partial charge in [-0.3, -0.25) is 19.0 Å². The Morgan fingerprint density at radius 3 is 1.98 bits per heavy atom. The first-order valence-corrected chi connectivity index (χ1v) is 15.6. The van der Waals surface area contributed by atoms with Crippen LogP contribution in [0.3, 0.4) is 0 Å². The van der Waals surface area contributed by atoms with Crippen LogP contribution in [-0.4, -0.2) is 58.2 Å². The molecule has 0 aliphatic carbocycles. The van der Waals surface area contributed by atoms with Gasteiger partial charge < -0.3 is 19.6 Å². The number of nitrogens with one attached hydrogen (secondary N) is 2. The normalized spacial score (nSPS) is 11.9. The van der Waals surface area contributed by atoms with Gasteiger partial charge in [-0.15, -0.1) is 16.4 Å². The number of thioether (sulfide) groups is 1. The summed E-state index contributed by atoms with van der Waals surface area (Å²) < 4.78 is 11.4. The van der Waals surface area contributed by atoms with Crippen molar-refractivity contribution in [2.75, 3.05) is 26.6 Å². The third-order valence-electron chi connectivity index (χ3n) is 7.00. The number of H-pyrrole nitrogens is 1. The highest BCUT2D eigenvalue weighted by Gasteiger charge is 2.37. The summed E-state index contributed by atoms with van der Waals surface area (Å²) in [5.41, 5.74) is 0.336. The number of ether oxygens (including phenoxy) is 2. The minimum absolute atomic E-state index is 0.0951. The molecule has 0 saturated carbocycles. The first kappa shape index (κ1) is 32.5. The van der Waals surface area contributed by atoms with E-state index in [9.17, 15) is 14.4 Å².